The molecule has 174 valence electrons. The molecule has 1 aliphatic heterocycles. The van der Waals surface area contributed by atoms with Crippen LogP contribution in [-0.4, -0.2) is 57.9 Å². The zero-order valence-corrected chi connectivity index (χ0v) is 17.3. The fourth-order valence-electron chi connectivity index (χ4n) is 2.98. The van der Waals surface area contributed by atoms with Gasteiger partial charge in [0.05, 0.1) is 19.1 Å². The van der Waals surface area contributed by atoms with Crippen LogP contribution in [0.3, 0.4) is 0 Å². The van der Waals surface area contributed by atoms with Gasteiger partial charge < -0.3 is 20.3 Å². The fourth-order valence-corrected chi connectivity index (χ4v) is 2.98. The van der Waals surface area contributed by atoms with Crippen molar-refractivity contribution in [2.24, 2.45) is 12.8 Å². The standard InChI is InChI=1S/C19H22FN3O2.C2HF3O2/c1-12(18(21)19(25)23-10-16(20)11-23)13-3-5-14(6-4-13)15-7-8-17(24)22(2)9-15;3-2(4,5)1(6)7/h3-9,12,16,18H,10-11,21H2,1-2H3;(H,6,7)/t12-,18-;/m0./s1. The number of carbonyl (C=O) groups excluding carboxylic acids is 1. The minimum atomic E-state index is -5.08. The number of carbonyl (C=O) groups is 2. The third kappa shape index (κ3) is 6.16. The number of nitrogens with zero attached hydrogens (tertiary/aromatic N) is 2. The van der Waals surface area contributed by atoms with E-state index in [1.54, 1.807) is 19.3 Å². The maximum Gasteiger partial charge on any atom is 0.490 e. The predicted octanol–water partition coefficient (Wildman–Crippen LogP) is 2.30. The predicted molar refractivity (Wildman–Crippen MR) is 109 cm³/mol. The van der Waals surface area contributed by atoms with Crippen LogP contribution in [0.5, 0.6) is 0 Å². The minimum Gasteiger partial charge on any atom is -0.475 e. The average molecular weight is 457 g/mol. The van der Waals surface area contributed by atoms with E-state index in [1.165, 1.54) is 15.5 Å². The molecule has 0 aliphatic carbocycles. The molecule has 2 aromatic rings. The second-order valence-corrected chi connectivity index (χ2v) is 7.45. The van der Waals surface area contributed by atoms with E-state index in [0.717, 1.165) is 16.7 Å². The number of alkyl halides is 4. The number of halogens is 4. The summed E-state index contributed by atoms with van der Waals surface area (Å²) in [7, 11) is 1.71. The molecule has 1 saturated heterocycles. The lowest BCUT2D eigenvalue weighted by atomic mass is 9.91. The number of aliphatic carboxylic acids is 1. The van der Waals surface area contributed by atoms with Gasteiger partial charge in [0, 0.05) is 25.2 Å². The lowest BCUT2D eigenvalue weighted by Crippen LogP contribution is -2.57. The number of aryl methyl sites for hydroxylation is 1. The van der Waals surface area contributed by atoms with Crippen LogP contribution in [0.25, 0.3) is 11.1 Å². The van der Waals surface area contributed by atoms with Crippen LogP contribution in [0.1, 0.15) is 18.4 Å². The summed E-state index contributed by atoms with van der Waals surface area (Å²) in [5, 5.41) is 7.12. The van der Waals surface area contributed by atoms with Crippen LogP contribution in [0.15, 0.2) is 47.4 Å². The van der Waals surface area contributed by atoms with Gasteiger partial charge in [0.2, 0.25) is 11.5 Å². The van der Waals surface area contributed by atoms with E-state index in [2.05, 4.69) is 0 Å². The maximum atomic E-state index is 12.9. The van der Waals surface area contributed by atoms with Crippen molar-refractivity contribution in [1.82, 2.24) is 9.47 Å². The topological polar surface area (TPSA) is 106 Å². The van der Waals surface area contributed by atoms with Crippen molar-refractivity contribution in [3.05, 3.63) is 58.5 Å². The highest BCUT2D eigenvalue weighted by atomic mass is 19.4. The summed E-state index contributed by atoms with van der Waals surface area (Å²) < 4.78 is 46.2. The maximum absolute atomic E-state index is 12.9. The number of carboxylic acids is 1. The third-order valence-electron chi connectivity index (χ3n) is 5.07. The Balaban J connectivity index is 0.000000451. The largest absolute Gasteiger partial charge is 0.490 e. The molecule has 3 N–H and O–H groups in total. The molecule has 3 rings (SSSR count). The highest BCUT2D eigenvalue weighted by Gasteiger charge is 2.38. The minimum absolute atomic E-state index is 0.0556. The highest BCUT2D eigenvalue weighted by molar-refractivity contribution is 5.83. The third-order valence-corrected chi connectivity index (χ3v) is 5.07. The number of benzene rings is 1. The van der Waals surface area contributed by atoms with E-state index >= 15 is 0 Å². The number of hydrogen-bond acceptors (Lipinski definition) is 4. The zero-order chi connectivity index (χ0) is 24.2. The van der Waals surface area contributed by atoms with Crippen molar-refractivity contribution in [3.8, 4) is 11.1 Å². The first-order valence-corrected chi connectivity index (χ1v) is 9.56. The van der Waals surface area contributed by atoms with Gasteiger partial charge in [-0.3, -0.25) is 9.59 Å². The molecule has 7 nitrogen and oxygen atoms in total. The first-order chi connectivity index (χ1) is 14.8. The molecule has 2 atom stereocenters. The quantitative estimate of drug-likeness (QED) is 0.686. The lowest BCUT2D eigenvalue weighted by Gasteiger charge is -2.37. The normalized spacial score (nSPS) is 15.8. The molecule has 1 amide bonds. The van der Waals surface area contributed by atoms with Gasteiger partial charge in [-0.25, -0.2) is 9.18 Å². The Morgan fingerprint density at radius 3 is 2.03 bits per heavy atom. The van der Waals surface area contributed by atoms with Gasteiger partial charge in [0.1, 0.15) is 6.17 Å². The molecule has 0 radical (unpaired) electrons. The van der Waals surface area contributed by atoms with E-state index in [4.69, 9.17) is 15.6 Å². The summed E-state index contributed by atoms with van der Waals surface area (Å²) in [6.45, 7) is 2.19. The van der Waals surface area contributed by atoms with Crippen molar-refractivity contribution >= 4 is 11.9 Å². The number of carboxylic acid groups (broad SMARTS) is 1. The Morgan fingerprint density at radius 1 is 1.09 bits per heavy atom. The molecular weight excluding hydrogens is 434 g/mol. The SMILES string of the molecule is C[C@@H](c1ccc(-c2ccc(=O)n(C)c2)cc1)[C@H](N)C(=O)N1CC(F)C1.O=C(O)C(F)(F)F. The molecule has 1 aromatic carbocycles. The van der Waals surface area contributed by atoms with Gasteiger partial charge in [-0.1, -0.05) is 31.2 Å². The monoisotopic (exact) mass is 457 g/mol. The van der Waals surface area contributed by atoms with E-state index in [1.807, 2.05) is 31.2 Å². The summed E-state index contributed by atoms with van der Waals surface area (Å²) in [6, 6.07) is 10.4. The van der Waals surface area contributed by atoms with E-state index in [9.17, 15) is 27.2 Å². The number of likely N-dealkylation sites (tertiary alicyclic amines) is 1. The van der Waals surface area contributed by atoms with Crippen molar-refractivity contribution in [1.29, 1.82) is 0 Å². The van der Waals surface area contributed by atoms with Crippen LogP contribution in [0.4, 0.5) is 17.6 Å². The Kier molecular flexibility index (Phi) is 7.78. The van der Waals surface area contributed by atoms with Crippen LogP contribution in [0.2, 0.25) is 0 Å². The van der Waals surface area contributed by atoms with E-state index in [0.29, 0.717) is 0 Å². The van der Waals surface area contributed by atoms with Crippen LogP contribution >= 0.6 is 0 Å². The van der Waals surface area contributed by atoms with Gasteiger partial charge in [-0.05, 0) is 22.8 Å². The molecule has 0 spiro atoms. The molecule has 0 unspecified atom stereocenters. The second-order valence-electron chi connectivity index (χ2n) is 7.45. The molecule has 1 aliphatic rings. The molecule has 1 fully saturated rings. The number of amides is 1. The summed E-state index contributed by atoms with van der Waals surface area (Å²) in [5.41, 5.74) is 8.90. The number of rotatable bonds is 4. The van der Waals surface area contributed by atoms with Gasteiger partial charge in [-0.15, -0.1) is 0 Å². The van der Waals surface area contributed by atoms with Crippen molar-refractivity contribution in [3.63, 3.8) is 0 Å². The number of hydrogen-bond donors (Lipinski definition) is 2. The highest BCUT2D eigenvalue weighted by Crippen LogP contribution is 2.25. The number of aromatic nitrogens is 1. The second kappa shape index (κ2) is 9.94. The molecular formula is C21H23F4N3O4. The smallest absolute Gasteiger partial charge is 0.475 e. The number of pyridine rings is 1. The van der Waals surface area contributed by atoms with Crippen molar-refractivity contribution in [2.45, 2.75) is 31.2 Å². The first kappa shape index (κ1) is 25.1. The molecule has 11 heteroatoms. The Hall–Kier alpha value is -3.21. The average Bonchev–Trinajstić information content (AvgIpc) is 2.71. The van der Waals surface area contributed by atoms with Crippen molar-refractivity contribution < 1.29 is 32.3 Å². The Bertz CT molecular complexity index is 1010. The fraction of sp³-hybridized carbons (Fsp3) is 0.381. The van der Waals surface area contributed by atoms with E-state index in [-0.39, 0.29) is 30.5 Å². The van der Waals surface area contributed by atoms with Crippen LogP contribution < -0.4 is 11.3 Å². The Morgan fingerprint density at radius 2 is 1.59 bits per heavy atom. The van der Waals surface area contributed by atoms with E-state index < -0.39 is 24.4 Å². The molecule has 0 saturated carbocycles. The van der Waals surface area contributed by atoms with Gasteiger partial charge in [0.25, 0.3) is 0 Å². The summed E-state index contributed by atoms with van der Waals surface area (Å²) in [4.78, 5) is 34.1. The van der Waals surface area contributed by atoms with Gasteiger partial charge >= 0.3 is 12.1 Å². The van der Waals surface area contributed by atoms with Crippen LogP contribution in [-0.2, 0) is 16.6 Å². The summed E-state index contributed by atoms with van der Waals surface area (Å²) >= 11 is 0. The summed E-state index contributed by atoms with van der Waals surface area (Å²) in [6.07, 6.45) is -4.22. The van der Waals surface area contributed by atoms with Gasteiger partial charge in [0.15, 0.2) is 0 Å². The molecule has 1 aromatic heterocycles. The van der Waals surface area contributed by atoms with Crippen LogP contribution in [0, 0.1) is 0 Å². The van der Waals surface area contributed by atoms with Gasteiger partial charge in [-0.2, -0.15) is 13.2 Å². The zero-order valence-electron chi connectivity index (χ0n) is 17.3. The Labute approximate surface area is 181 Å². The lowest BCUT2D eigenvalue weighted by molar-refractivity contribution is -0.192. The molecule has 32 heavy (non-hydrogen) atoms. The molecule has 2 heterocycles. The molecule has 0 bridgehead atoms. The first-order valence-electron chi connectivity index (χ1n) is 9.56. The number of nitrogens with two attached hydrogens (primary N) is 1. The van der Waals surface area contributed by atoms with Crippen molar-refractivity contribution in [2.75, 3.05) is 13.1 Å². The summed E-state index contributed by atoms with van der Waals surface area (Å²) in [5.74, 6) is -3.13.